The number of hydrogen-bond donors (Lipinski definition) is 0. The Morgan fingerprint density at radius 1 is 1.04 bits per heavy atom. The molecule has 0 aliphatic carbocycles. The van der Waals surface area contributed by atoms with Crippen molar-refractivity contribution in [3.8, 4) is 5.69 Å². The van der Waals surface area contributed by atoms with Crippen LogP contribution in [0.1, 0.15) is 24.5 Å². The first-order valence-electron chi connectivity index (χ1n) is 9.13. The molecule has 0 amide bonds. The molecule has 0 aliphatic heterocycles. The molecule has 1 aromatic heterocycles. The maximum absolute atomic E-state index is 12.8. The van der Waals surface area contributed by atoms with Crippen LogP contribution in [0.5, 0.6) is 0 Å². The fraction of sp³-hybridized carbons (Fsp3) is 0.350. The molecule has 1 unspecified atom stereocenters. The third-order valence-corrected chi connectivity index (χ3v) is 6.30. The van der Waals surface area contributed by atoms with Crippen molar-refractivity contribution in [2.75, 3.05) is 12.9 Å². The SMILES string of the molecule is COCc1ccc(CCC(C)CS(=O)(=O)c2nnnn2-c2ccccc2)cc1. The van der Waals surface area contributed by atoms with Crippen LogP contribution < -0.4 is 0 Å². The van der Waals surface area contributed by atoms with Crippen LogP contribution in [0, 0.1) is 5.92 Å². The molecule has 1 atom stereocenters. The number of benzene rings is 2. The van der Waals surface area contributed by atoms with Gasteiger partial charge in [0.25, 0.3) is 5.16 Å². The molecule has 2 aromatic carbocycles. The summed E-state index contributed by atoms with van der Waals surface area (Å²) in [5, 5.41) is 11.1. The standard InChI is InChI=1S/C20H24N4O3S/c1-16(8-9-17-10-12-18(13-11-17)14-27-2)15-28(25,26)20-21-22-23-24(20)19-6-4-3-5-7-19/h3-7,10-13,16H,8-9,14-15H2,1-2H3. The summed E-state index contributed by atoms with van der Waals surface area (Å²) in [5.74, 6) is -0.0216. The third kappa shape index (κ3) is 5.02. The van der Waals surface area contributed by atoms with Crippen LogP contribution in [0.2, 0.25) is 0 Å². The maximum Gasteiger partial charge on any atom is 0.272 e. The Morgan fingerprint density at radius 3 is 2.39 bits per heavy atom. The van der Waals surface area contributed by atoms with E-state index in [9.17, 15) is 8.42 Å². The predicted octanol–water partition coefficient (Wildman–Crippen LogP) is 2.85. The zero-order chi connectivity index (χ0) is 20.0. The van der Waals surface area contributed by atoms with Crippen molar-refractivity contribution >= 4 is 9.84 Å². The van der Waals surface area contributed by atoms with E-state index in [2.05, 4.69) is 27.7 Å². The fourth-order valence-corrected chi connectivity index (χ4v) is 4.65. The number of nitrogens with zero attached hydrogens (tertiary/aromatic N) is 4. The Bertz CT molecular complexity index is 986. The van der Waals surface area contributed by atoms with E-state index in [1.165, 1.54) is 10.2 Å². The van der Waals surface area contributed by atoms with Crippen LogP contribution in [-0.2, 0) is 27.6 Å². The molecule has 148 valence electrons. The van der Waals surface area contributed by atoms with Crippen molar-refractivity contribution in [1.82, 2.24) is 20.2 Å². The van der Waals surface area contributed by atoms with Gasteiger partial charge in [-0.05, 0) is 52.4 Å². The van der Waals surface area contributed by atoms with E-state index in [4.69, 9.17) is 4.74 Å². The van der Waals surface area contributed by atoms with E-state index in [1.807, 2.05) is 37.3 Å². The highest BCUT2D eigenvalue weighted by atomic mass is 32.2. The van der Waals surface area contributed by atoms with Gasteiger partial charge in [-0.1, -0.05) is 54.5 Å². The van der Waals surface area contributed by atoms with Gasteiger partial charge in [-0.25, -0.2) is 8.42 Å². The summed E-state index contributed by atoms with van der Waals surface area (Å²) < 4.78 is 32.1. The largest absolute Gasteiger partial charge is 0.380 e. The number of aryl methyl sites for hydroxylation is 1. The van der Waals surface area contributed by atoms with Crippen LogP contribution in [0.3, 0.4) is 0 Å². The van der Waals surface area contributed by atoms with Gasteiger partial charge < -0.3 is 4.74 Å². The predicted molar refractivity (Wildman–Crippen MR) is 106 cm³/mol. The average Bonchev–Trinajstić information content (AvgIpc) is 3.19. The second-order valence-corrected chi connectivity index (χ2v) is 8.81. The van der Waals surface area contributed by atoms with Gasteiger partial charge in [0.15, 0.2) is 0 Å². The number of hydrogen-bond acceptors (Lipinski definition) is 6. The number of tetrazole rings is 1. The Balaban J connectivity index is 1.64. The number of aromatic nitrogens is 4. The zero-order valence-electron chi connectivity index (χ0n) is 16.0. The van der Waals surface area contributed by atoms with Crippen molar-refractivity contribution in [3.05, 3.63) is 65.7 Å². The lowest BCUT2D eigenvalue weighted by Crippen LogP contribution is -2.19. The lowest BCUT2D eigenvalue weighted by molar-refractivity contribution is 0.185. The number of rotatable bonds is 9. The van der Waals surface area contributed by atoms with E-state index >= 15 is 0 Å². The molecule has 7 nitrogen and oxygen atoms in total. The highest BCUT2D eigenvalue weighted by Gasteiger charge is 2.26. The molecule has 3 aromatic rings. The molecule has 0 aliphatic rings. The Morgan fingerprint density at radius 2 is 1.71 bits per heavy atom. The Kier molecular flexibility index (Phi) is 6.53. The lowest BCUT2D eigenvalue weighted by Gasteiger charge is -2.12. The molecule has 8 heteroatoms. The van der Waals surface area contributed by atoms with Crippen LogP contribution in [0.15, 0.2) is 59.8 Å². The van der Waals surface area contributed by atoms with Gasteiger partial charge in [0.05, 0.1) is 18.0 Å². The molecule has 0 saturated carbocycles. The van der Waals surface area contributed by atoms with Gasteiger partial charge in [-0.15, -0.1) is 0 Å². The van der Waals surface area contributed by atoms with Crippen LogP contribution in [0.25, 0.3) is 5.69 Å². The number of para-hydroxylation sites is 1. The summed E-state index contributed by atoms with van der Waals surface area (Å²) in [4.78, 5) is 0. The summed E-state index contributed by atoms with van der Waals surface area (Å²) in [6.45, 7) is 2.53. The quantitative estimate of drug-likeness (QED) is 0.549. The van der Waals surface area contributed by atoms with Crippen LogP contribution >= 0.6 is 0 Å². The second-order valence-electron chi connectivity index (χ2n) is 6.88. The van der Waals surface area contributed by atoms with Gasteiger partial charge in [-0.2, -0.15) is 4.68 Å². The Hall–Kier alpha value is -2.58. The molecule has 0 bridgehead atoms. The zero-order valence-corrected chi connectivity index (χ0v) is 16.8. The molecule has 0 N–H and O–H groups in total. The molecule has 0 radical (unpaired) electrons. The van der Waals surface area contributed by atoms with E-state index in [0.717, 1.165) is 18.4 Å². The highest BCUT2D eigenvalue weighted by molar-refractivity contribution is 7.91. The smallest absolute Gasteiger partial charge is 0.272 e. The third-order valence-electron chi connectivity index (χ3n) is 4.48. The van der Waals surface area contributed by atoms with Crippen molar-refractivity contribution < 1.29 is 13.2 Å². The van der Waals surface area contributed by atoms with E-state index in [0.29, 0.717) is 12.3 Å². The summed E-state index contributed by atoms with van der Waals surface area (Å²) in [6, 6.07) is 17.2. The normalized spacial score (nSPS) is 12.8. The fourth-order valence-electron chi connectivity index (χ4n) is 3.02. The van der Waals surface area contributed by atoms with Crippen LogP contribution in [-0.4, -0.2) is 41.5 Å². The molecule has 0 fully saturated rings. The monoisotopic (exact) mass is 400 g/mol. The maximum atomic E-state index is 12.8. The molecule has 28 heavy (non-hydrogen) atoms. The Labute approximate surface area is 165 Å². The van der Waals surface area contributed by atoms with Gasteiger partial charge in [0.2, 0.25) is 9.84 Å². The molecule has 0 spiro atoms. The summed E-state index contributed by atoms with van der Waals surface area (Å²) in [6.07, 6.45) is 1.57. The van der Waals surface area contributed by atoms with E-state index in [1.54, 1.807) is 19.2 Å². The van der Waals surface area contributed by atoms with Crippen LogP contribution in [0.4, 0.5) is 0 Å². The number of ether oxygens (including phenoxy) is 1. The van der Waals surface area contributed by atoms with Crippen molar-refractivity contribution in [2.45, 2.75) is 31.5 Å². The second kappa shape index (κ2) is 9.07. The molecular weight excluding hydrogens is 376 g/mol. The molecule has 3 rings (SSSR count). The van der Waals surface area contributed by atoms with E-state index in [-0.39, 0.29) is 16.8 Å². The van der Waals surface area contributed by atoms with Crippen molar-refractivity contribution in [1.29, 1.82) is 0 Å². The van der Waals surface area contributed by atoms with Crippen molar-refractivity contribution in [3.63, 3.8) is 0 Å². The average molecular weight is 401 g/mol. The lowest BCUT2D eigenvalue weighted by atomic mass is 10.0. The first-order valence-corrected chi connectivity index (χ1v) is 10.8. The first kappa shape index (κ1) is 20.2. The first-order chi connectivity index (χ1) is 13.5. The minimum Gasteiger partial charge on any atom is -0.380 e. The number of methoxy groups -OCH3 is 1. The summed E-state index contributed by atoms with van der Waals surface area (Å²) >= 11 is 0. The van der Waals surface area contributed by atoms with Gasteiger partial charge in [0.1, 0.15) is 0 Å². The van der Waals surface area contributed by atoms with Crippen molar-refractivity contribution in [2.24, 2.45) is 5.92 Å². The van der Waals surface area contributed by atoms with Gasteiger partial charge in [-0.3, -0.25) is 0 Å². The summed E-state index contributed by atoms with van der Waals surface area (Å²) in [7, 11) is -1.93. The summed E-state index contributed by atoms with van der Waals surface area (Å²) in [5.41, 5.74) is 2.92. The minimum absolute atomic E-state index is 0.00195. The van der Waals surface area contributed by atoms with Gasteiger partial charge in [0, 0.05) is 7.11 Å². The van der Waals surface area contributed by atoms with Gasteiger partial charge >= 0.3 is 0 Å². The van der Waals surface area contributed by atoms with E-state index < -0.39 is 9.84 Å². The molecular formula is C20H24N4O3S. The number of sulfone groups is 1. The minimum atomic E-state index is -3.60. The topological polar surface area (TPSA) is 87.0 Å². The molecule has 0 saturated heterocycles. The molecule has 1 heterocycles. The highest BCUT2D eigenvalue weighted by Crippen LogP contribution is 2.18.